The highest BCUT2D eigenvalue weighted by molar-refractivity contribution is 7.59. The number of benzene rings is 3. The highest BCUT2D eigenvalue weighted by Gasteiger charge is 2.21. The van der Waals surface area contributed by atoms with Gasteiger partial charge in [0.2, 0.25) is 0 Å². The second-order valence-electron chi connectivity index (χ2n) is 6.71. The topological polar surface area (TPSA) is 203 Å². The molecule has 176 valence electrons. The molecule has 4 N–H and O–H groups in total. The fourth-order valence-corrected chi connectivity index (χ4v) is 3.25. The summed E-state index contributed by atoms with van der Waals surface area (Å²) in [5, 5.41) is 18.7. The molecule has 4 rings (SSSR count). The van der Waals surface area contributed by atoms with Crippen LogP contribution in [0.2, 0.25) is 0 Å². The summed E-state index contributed by atoms with van der Waals surface area (Å²) < 4.78 is 56.6. The van der Waals surface area contributed by atoms with Gasteiger partial charge in [-0.3, -0.25) is 0 Å². The summed E-state index contributed by atoms with van der Waals surface area (Å²) in [6.45, 7) is 1.86. The van der Waals surface area contributed by atoms with E-state index in [0.717, 1.165) is 22.1 Å². The van der Waals surface area contributed by atoms with Crippen molar-refractivity contribution in [3.63, 3.8) is 0 Å². The first kappa shape index (κ1) is 25.9. The standard InChI is InChI=1S/C21H16N2O3.2O3S/c1-11-2-5-14(17(8-11)21(24)25)20-15-6-3-12(22)9-18(15)26-19-10-13(23)4-7-16(19)20;2*1-4(2)3/h2-10,22H,23H2,1H3,(H,24,25);;. The van der Waals surface area contributed by atoms with Crippen LogP contribution >= 0.6 is 0 Å². The summed E-state index contributed by atoms with van der Waals surface area (Å²) in [6, 6.07) is 15.8. The molecule has 0 unspecified atom stereocenters. The van der Waals surface area contributed by atoms with Gasteiger partial charge >= 0.3 is 27.2 Å². The predicted molar refractivity (Wildman–Crippen MR) is 120 cm³/mol. The number of fused-ring (bicyclic) bond motifs is 2. The van der Waals surface area contributed by atoms with E-state index >= 15 is 0 Å². The second-order valence-corrected chi connectivity index (χ2v) is 7.52. The third-order valence-electron chi connectivity index (χ3n) is 4.42. The molecule has 0 radical (unpaired) electrons. The van der Waals surface area contributed by atoms with Crippen molar-refractivity contribution in [1.29, 1.82) is 5.41 Å². The Balaban J connectivity index is 0.000000446. The van der Waals surface area contributed by atoms with Crippen LogP contribution in [0.3, 0.4) is 0 Å². The van der Waals surface area contributed by atoms with Crippen molar-refractivity contribution >= 4 is 43.8 Å². The molecule has 1 aliphatic heterocycles. The summed E-state index contributed by atoms with van der Waals surface area (Å²) in [4.78, 5) is 11.9. The Morgan fingerprint density at radius 1 is 0.882 bits per heavy atom. The zero-order chi connectivity index (χ0) is 25.6. The van der Waals surface area contributed by atoms with Crippen molar-refractivity contribution in [1.82, 2.24) is 0 Å². The van der Waals surface area contributed by atoms with Crippen LogP contribution < -0.4 is 11.1 Å². The van der Waals surface area contributed by atoms with E-state index in [9.17, 15) is 9.90 Å². The zero-order valence-electron chi connectivity index (χ0n) is 17.3. The fourth-order valence-electron chi connectivity index (χ4n) is 3.25. The predicted octanol–water partition coefficient (Wildman–Crippen LogP) is 2.26. The maximum Gasteiger partial charge on any atom is 0.425 e. The van der Waals surface area contributed by atoms with Gasteiger partial charge in [0.1, 0.15) is 11.3 Å². The number of carbonyl (C=O) groups is 1. The van der Waals surface area contributed by atoms with E-state index in [0.29, 0.717) is 28.0 Å². The fraction of sp³-hybridized carbons (Fsp3) is 0.0476. The molecule has 1 aliphatic carbocycles. The van der Waals surface area contributed by atoms with Gasteiger partial charge < -0.3 is 20.7 Å². The Morgan fingerprint density at radius 3 is 2.06 bits per heavy atom. The molecule has 2 aromatic rings. The summed E-state index contributed by atoms with van der Waals surface area (Å²) in [6.07, 6.45) is 0. The van der Waals surface area contributed by atoms with E-state index < -0.39 is 27.2 Å². The Labute approximate surface area is 195 Å². The molecule has 0 saturated heterocycles. The number of aryl methyl sites for hydroxylation is 1. The van der Waals surface area contributed by atoms with E-state index in [4.69, 9.17) is 40.8 Å². The van der Waals surface area contributed by atoms with Gasteiger partial charge in [-0.1, -0.05) is 17.7 Å². The molecule has 0 amide bonds. The van der Waals surface area contributed by atoms with E-state index in [2.05, 4.69) is 0 Å². The molecular weight excluding hydrogens is 488 g/mol. The first-order valence-electron chi connectivity index (χ1n) is 9.09. The number of carboxylic acid groups (broad SMARTS) is 1. The summed E-state index contributed by atoms with van der Waals surface area (Å²) >= 11 is 0. The molecule has 2 aromatic carbocycles. The monoisotopic (exact) mass is 504 g/mol. The van der Waals surface area contributed by atoms with Crippen molar-refractivity contribution in [2.24, 2.45) is 0 Å². The number of rotatable bonds is 2. The van der Waals surface area contributed by atoms with Gasteiger partial charge in [-0.15, -0.1) is 25.3 Å². The smallest absolute Gasteiger partial charge is 0.425 e. The number of nitrogens with one attached hydrogen (secondary N) is 1. The number of hydrogen-bond acceptors (Lipinski definition) is 10. The van der Waals surface area contributed by atoms with Crippen LogP contribution in [0.5, 0.6) is 0 Å². The Hall–Kier alpha value is -4.36. The van der Waals surface area contributed by atoms with Crippen LogP contribution in [0.15, 0.2) is 59.0 Å². The Morgan fingerprint density at radius 2 is 1.47 bits per heavy atom. The van der Waals surface area contributed by atoms with Crippen molar-refractivity contribution < 1.29 is 39.6 Å². The zero-order valence-corrected chi connectivity index (χ0v) is 18.9. The third-order valence-corrected chi connectivity index (χ3v) is 4.42. The van der Waals surface area contributed by atoms with Crippen LogP contribution in [-0.4, -0.2) is 36.3 Å². The van der Waals surface area contributed by atoms with Gasteiger partial charge in [-0.05, 0) is 42.8 Å². The average molecular weight is 504 g/mol. The van der Waals surface area contributed by atoms with Gasteiger partial charge in [-0.25, -0.2) is 4.79 Å². The lowest BCUT2D eigenvalue weighted by atomic mass is 9.90. The van der Waals surface area contributed by atoms with Crippen molar-refractivity contribution in [2.45, 2.75) is 6.92 Å². The van der Waals surface area contributed by atoms with E-state index in [1.54, 1.807) is 36.4 Å². The second kappa shape index (κ2) is 11.0. The molecule has 0 fully saturated rings. The first-order valence-corrected chi connectivity index (χ1v) is 11.1. The molecule has 13 heteroatoms. The number of hydrogen-bond donors (Lipinski definition) is 3. The molecule has 0 bridgehead atoms. The van der Waals surface area contributed by atoms with Crippen LogP contribution in [-0.2, 0) is 21.2 Å². The van der Waals surface area contributed by atoms with Gasteiger partial charge in [-0.2, -0.15) is 0 Å². The third kappa shape index (κ3) is 6.57. The van der Waals surface area contributed by atoms with Crippen LogP contribution in [0.1, 0.15) is 15.9 Å². The van der Waals surface area contributed by atoms with E-state index in [-0.39, 0.29) is 5.56 Å². The molecule has 0 spiro atoms. The minimum atomic E-state index is -3.11. The van der Waals surface area contributed by atoms with Gasteiger partial charge in [0.25, 0.3) is 0 Å². The maximum atomic E-state index is 11.9. The number of carboxylic acids is 1. The lowest BCUT2D eigenvalue weighted by Gasteiger charge is -2.17. The number of nitrogens with two attached hydrogens (primary N) is 1. The Bertz CT molecular complexity index is 1600. The highest BCUT2D eigenvalue weighted by Crippen LogP contribution is 2.41. The molecule has 11 nitrogen and oxygen atoms in total. The molecule has 0 aromatic heterocycles. The van der Waals surface area contributed by atoms with Crippen molar-refractivity contribution in [2.75, 3.05) is 5.73 Å². The van der Waals surface area contributed by atoms with Crippen LogP contribution in [0.4, 0.5) is 5.69 Å². The molecular formula is C21H16N2O9S2. The molecule has 34 heavy (non-hydrogen) atoms. The summed E-state index contributed by atoms with van der Waals surface area (Å²) in [7, 11) is -6.22. The lowest BCUT2D eigenvalue weighted by molar-refractivity contribution is 0.0697. The minimum Gasteiger partial charge on any atom is -0.478 e. The normalized spacial score (nSPS) is 9.91. The largest absolute Gasteiger partial charge is 0.478 e. The van der Waals surface area contributed by atoms with Gasteiger partial charge in [0.05, 0.1) is 10.9 Å². The quantitative estimate of drug-likeness (QED) is 0.268. The van der Waals surface area contributed by atoms with E-state index in [1.165, 1.54) is 0 Å². The van der Waals surface area contributed by atoms with Gasteiger partial charge in [0, 0.05) is 34.3 Å². The van der Waals surface area contributed by atoms with Crippen LogP contribution in [0.25, 0.3) is 33.4 Å². The SMILES string of the molecule is Cc1ccc(-c2c3ccc(=N)cc-3oc3cc(N)ccc23)c(C(=O)O)c1.O=S(=O)=O.O=S(=O)=O. The first-order chi connectivity index (χ1) is 15.9. The number of aromatic carboxylic acids is 1. The Kier molecular flexibility index (Phi) is 8.36. The van der Waals surface area contributed by atoms with Crippen LogP contribution in [0, 0.1) is 12.3 Å². The van der Waals surface area contributed by atoms with E-state index in [1.807, 2.05) is 25.1 Å². The van der Waals surface area contributed by atoms with Gasteiger partial charge in [0.15, 0.2) is 0 Å². The average Bonchev–Trinajstić information content (AvgIpc) is 2.71. The molecule has 1 heterocycles. The highest BCUT2D eigenvalue weighted by atomic mass is 32.2. The van der Waals surface area contributed by atoms with Crippen molar-refractivity contribution in [3.05, 3.63) is 71.1 Å². The summed E-state index contributed by atoms with van der Waals surface area (Å²) in [5.74, 6) is -0.471. The maximum absolute atomic E-state index is 11.9. The molecule has 2 aliphatic rings. The number of nitrogen functional groups attached to an aromatic ring is 1. The number of anilines is 1. The molecule has 0 atom stereocenters. The summed E-state index contributed by atoms with van der Waals surface area (Å²) in [5.41, 5.74) is 10.2. The minimum absolute atomic E-state index is 0.227. The molecule has 0 saturated carbocycles. The van der Waals surface area contributed by atoms with Crippen molar-refractivity contribution in [3.8, 4) is 22.5 Å². The lowest BCUT2D eigenvalue weighted by Crippen LogP contribution is -2.04.